The van der Waals surface area contributed by atoms with Crippen LogP contribution in [0.3, 0.4) is 0 Å². The van der Waals surface area contributed by atoms with Crippen molar-refractivity contribution in [2.75, 3.05) is 18.8 Å². The van der Waals surface area contributed by atoms with Crippen molar-refractivity contribution in [1.82, 2.24) is 9.62 Å². The van der Waals surface area contributed by atoms with Crippen molar-refractivity contribution in [2.45, 2.75) is 35.1 Å². The molecule has 1 atom stereocenters. The molecule has 1 fully saturated rings. The van der Waals surface area contributed by atoms with Gasteiger partial charge in [-0.2, -0.15) is 4.31 Å². The molecule has 5 nitrogen and oxygen atoms in total. The Bertz CT molecular complexity index is 1060. The van der Waals surface area contributed by atoms with Crippen LogP contribution >= 0.6 is 23.4 Å². The fourth-order valence-electron chi connectivity index (χ4n) is 3.67. The molecule has 0 saturated carbocycles. The number of thioether (sulfide) groups is 1. The normalized spacial score (nSPS) is 19.7. The number of amides is 1. The van der Waals surface area contributed by atoms with Gasteiger partial charge in [-0.05, 0) is 61.2 Å². The minimum absolute atomic E-state index is 0.0552. The molecule has 9 heteroatoms. The molecule has 2 heterocycles. The molecule has 1 amide bonds. The van der Waals surface area contributed by atoms with Crippen molar-refractivity contribution >= 4 is 39.3 Å². The first-order valence-corrected chi connectivity index (χ1v) is 12.2. The molecule has 2 aromatic carbocycles. The van der Waals surface area contributed by atoms with Gasteiger partial charge in [0.15, 0.2) is 0 Å². The van der Waals surface area contributed by atoms with E-state index in [2.05, 4.69) is 5.32 Å². The maximum atomic E-state index is 13.7. The van der Waals surface area contributed by atoms with E-state index in [4.69, 9.17) is 11.6 Å². The molecule has 2 aliphatic heterocycles. The third-order valence-corrected chi connectivity index (χ3v) is 8.55. The van der Waals surface area contributed by atoms with Crippen LogP contribution in [0.25, 0.3) is 0 Å². The second-order valence-electron chi connectivity index (χ2n) is 7.10. The highest BCUT2D eigenvalue weighted by Crippen LogP contribution is 2.37. The Morgan fingerprint density at radius 1 is 1.17 bits per heavy atom. The zero-order valence-electron chi connectivity index (χ0n) is 15.5. The number of rotatable bonds is 4. The van der Waals surface area contributed by atoms with E-state index >= 15 is 0 Å². The third kappa shape index (κ3) is 4.17. The second kappa shape index (κ2) is 8.26. The smallest absolute Gasteiger partial charge is 0.253 e. The van der Waals surface area contributed by atoms with E-state index in [0.29, 0.717) is 19.5 Å². The molecule has 0 aliphatic carbocycles. The van der Waals surface area contributed by atoms with E-state index in [9.17, 15) is 17.6 Å². The first-order chi connectivity index (χ1) is 13.9. The Kier molecular flexibility index (Phi) is 5.88. The molecule has 2 aliphatic rings. The summed E-state index contributed by atoms with van der Waals surface area (Å²) in [6, 6.07) is 8.38. The predicted octanol–water partition coefficient (Wildman–Crippen LogP) is 4.23. The maximum absolute atomic E-state index is 13.7. The fourth-order valence-corrected chi connectivity index (χ4v) is 6.52. The minimum Gasteiger partial charge on any atom is -0.345 e. The molecule has 1 unspecified atom stereocenters. The first-order valence-electron chi connectivity index (χ1n) is 9.39. The number of nitrogens with one attached hydrogen (secondary N) is 1. The molecule has 0 radical (unpaired) electrons. The van der Waals surface area contributed by atoms with Gasteiger partial charge in [0, 0.05) is 23.7 Å². The zero-order valence-corrected chi connectivity index (χ0v) is 17.9. The van der Waals surface area contributed by atoms with Crippen molar-refractivity contribution in [3.8, 4) is 0 Å². The lowest BCUT2D eigenvalue weighted by Crippen LogP contribution is -2.31. The SMILES string of the molecule is O=C(NC1CCSc2ccc(F)cc21)c1cc(S(=O)(=O)N2CCCC2)ccc1Cl. The van der Waals surface area contributed by atoms with Crippen molar-refractivity contribution in [3.63, 3.8) is 0 Å². The Hall–Kier alpha value is -1.61. The summed E-state index contributed by atoms with van der Waals surface area (Å²) in [5.74, 6) is -0.0384. The molecule has 2 aromatic rings. The van der Waals surface area contributed by atoms with Gasteiger partial charge < -0.3 is 5.32 Å². The van der Waals surface area contributed by atoms with Gasteiger partial charge in [0.25, 0.3) is 5.91 Å². The molecular weight excluding hydrogens is 435 g/mol. The van der Waals surface area contributed by atoms with Crippen LogP contribution in [-0.2, 0) is 10.0 Å². The number of sulfonamides is 1. The van der Waals surface area contributed by atoms with Crippen LogP contribution in [0.4, 0.5) is 4.39 Å². The molecule has 29 heavy (non-hydrogen) atoms. The van der Waals surface area contributed by atoms with Gasteiger partial charge in [-0.25, -0.2) is 12.8 Å². The summed E-state index contributed by atoms with van der Waals surface area (Å²) >= 11 is 7.83. The Labute approximate surface area is 178 Å². The molecule has 0 bridgehead atoms. The molecule has 0 aromatic heterocycles. The molecule has 1 saturated heterocycles. The van der Waals surface area contributed by atoms with E-state index in [1.807, 2.05) is 0 Å². The summed E-state index contributed by atoms with van der Waals surface area (Å²) in [5.41, 5.74) is 0.828. The Morgan fingerprint density at radius 3 is 2.69 bits per heavy atom. The number of nitrogens with zero attached hydrogens (tertiary/aromatic N) is 1. The lowest BCUT2D eigenvalue weighted by Gasteiger charge is -2.26. The Balaban J connectivity index is 1.61. The van der Waals surface area contributed by atoms with Crippen molar-refractivity contribution in [1.29, 1.82) is 0 Å². The summed E-state index contributed by atoms with van der Waals surface area (Å²) in [6.45, 7) is 0.961. The largest absolute Gasteiger partial charge is 0.345 e. The number of fused-ring (bicyclic) bond motifs is 1. The van der Waals surface area contributed by atoms with Gasteiger partial charge in [-0.3, -0.25) is 4.79 Å². The molecule has 0 spiro atoms. The van der Waals surface area contributed by atoms with Crippen molar-refractivity contribution in [3.05, 3.63) is 58.4 Å². The van der Waals surface area contributed by atoms with Crippen LogP contribution in [0.1, 0.15) is 41.2 Å². The number of carbonyl (C=O) groups is 1. The number of benzene rings is 2. The highest BCUT2D eigenvalue weighted by molar-refractivity contribution is 7.99. The van der Waals surface area contributed by atoms with Gasteiger partial charge in [-0.1, -0.05) is 11.6 Å². The van der Waals surface area contributed by atoms with E-state index in [1.165, 1.54) is 34.6 Å². The van der Waals surface area contributed by atoms with Crippen molar-refractivity contribution < 1.29 is 17.6 Å². The van der Waals surface area contributed by atoms with Gasteiger partial charge in [-0.15, -0.1) is 11.8 Å². The van der Waals surface area contributed by atoms with E-state index in [1.54, 1.807) is 17.8 Å². The van der Waals surface area contributed by atoms with Gasteiger partial charge in [0.1, 0.15) is 5.82 Å². The summed E-state index contributed by atoms with van der Waals surface area (Å²) in [7, 11) is -3.66. The van der Waals surface area contributed by atoms with E-state index < -0.39 is 15.9 Å². The molecule has 4 rings (SSSR count). The topological polar surface area (TPSA) is 66.5 Å². The van der Waals surface area contributed by atoms with Gasteiger partial charge in [0.05, 0.1) is 21.5 Å². The fraction of sp³-hybridized carbons (Fsp3) is 0.350. The third-order valence-electron chi connectivity index (χ3n) is 5.20. The monoisotopic (exact) mass is 454 g/mol. The average Bonchev–Trinajstić information content (AvgIpc) is 3.24. The van der Waals surface area contributed by atoms with Crippen LogP contribution in [0.15, 0.2) is 46.2 Å². The van der Waals surface area contributed by atoms with Crippen LogP contribution in [0, 0.1) is 5.82 Å². The molecular formula is C20H20ClFN2O3S2. The van der Waals surface area contributed by atoms with Crippen LogP contribution in [0.2, 0.25) is 5.02 Å². The first kappa shape index (κ1) is 20.7. The number of hydrogen-bond acceptors (Lipinski definition) is 4. The van der Waals surface area contributed by atoms with Crippen LogP contribution in [0.5, 0.6) is 0 Å². The minimum atomic E-state index is -3.66. The van der Waals surface area contributed by atoms with Gasteiger partial charge >= 0.3 is 0 Å². The second-order valence-corrected chi connectivity index (χ2v) is 10.6. The van der Waals surface area contributed by atoms with Crippen LogP contribution < -0.4 is 5.32 Å². The van der Waals surface area contributed by atoms with E-state index in [0.717, 1.165) is 29.1 Å². The summed E-state index contributed by atoms with van der Waals surface area (Å²) < 4.78 is 40.8. The maximum Gasteiger partial charge on any atom is 0.253 e. The molecule has 1 N–H and O–H groups in total. The standard InChI is InChI=1S/C20H20ClFN2O3S2/c21-17-5-4-14(29(26,27)24-8-1-2-9-24)12-15(17)20(25)23-18-7-10-28-19-6-3-13(22)11-16(18)19/h3-6,11-12,18H,1-2,7-10H2,(H,23,25). The highest BCUT2D eigenvalue weighted by atomic mass is 35.5. The summed E-state index contributed by atoms with van der Waals surface area (Å²) in [4.78, 5) is 13.9. The Morgan fingerprint density at radius 2 is 1.93 bits per heavy atom. The van der Waals surface area contributed by atoms with Crippen molar-refractivity contribution in [2.24, 2.45) is 0 Å². The number of carbonyl (C=O) groups excluding carboxylic acids is 1. The van der Waals surface area contributed by atoms with Crippen LogP contribution in [-0.4, -0.2) is 37.5 Å². The molecule has 154 valence electrons. The number of hydrogen-bond donors (Lipinski definition) is 1. The number of halogens is 2. The summed E-state index contributed by atoms with van der Waals surface area (Å²) in [5, 5.41) is 3.07. The predicted molar refractivity (Wildman–Crippen MR) is 111 cm³/mol. The van der Waals surface area contributed by atoms with Gasteiger partial charge in [0.2, 0.25) is 10.0 Å². The lowest BCUT2D eigenvalue weighted by atomic mass is 10.0. The summed E-state index contributed by atoms with van der Waals surface area (Å²) in [6.07, 6.45) is 2.31. The quantitative estimate of drug-likeness (QED) is 0.750. The zero-order chi connectivity index (χ0) is 20.6. The van der Waals surface area contributed by atoms with E-state index in [-0.39, 0.29) is 27.3 Å². The highest BCUT2D eigenvalue weighted by Gasteiger charge is 2.29. The lowest BCUT2D eigenvalue weighted by molar-refractivity contribution is 0.0935. The average molecular weight is 455 g/mol.